The van der Waals surface area contributed by atoms with Crippen LogP contribution in [0, 0.1) is 0 Å². The number of alkyl halides is 1. The normalized spacial score (nSPS) is 14.3. The average Bonchev–Trinajstić information content (AvgIpc) is 2.51. The molecule has 0 aliphatic rings. The summed E-state index contributed by atoms with van der Waals surface area (Å²) in [6.45, 7) is 6.19. The Kier molecular flexibility index (Phi) is 5.71. The predicted octanol–water partition coefficient (Wildman–Crippen LogP) is 4.40. The van der Waals surface area contributed by atoms with Gasteiger partial charge in [0.2, 0.25) is 0 Å². The fourth-order valence-electron chi connectivity index (χ4n) is 2.36. The van der Waals surface area contributed by atoms with E-state index >= 15 is 0 Å². The molecule has 0 N–H and O–H groups in total. The first-order valence-corrected chi connectivity index (χ1v) is 8.92. The van der Waals surface area contributed by atoms with Crippen LogP contribution in [0.15, 0.2) is 29.1 Å². The van der Waals surface area contributed by atoms with E-state index in [2.05, 4.69) is 18.8 Å². The lowest BCUT2D eigenvalue weighted by molar-refractivity contribution is 0.539. The molecule has 0 saturated heterocycles. The van der Waals surface area contributed by atoms with Gasteiger partial charge in [0, 0.05) is 11.8 Å². The SMILES string of the molecule is CCSCC(C)n1c(C(Cl)CC)nc2ccccc2c1=O. The molecule has 0 amide bonds. The number of aromatic nitrogens is 2. The van der Waals surface area contributed by atoms with Gasteiger partial charge in [0.25, 0.3) is 5.56 Å². The van der Waals surface area contributed by atoms with Crippen molar-refractivity contribution in [1.82, 2.24) is 9.55 Å². The summed E-state index contributed by atoms with van der Waals surface area (Å²) in [4.78, 5) is 17.5. The number of thioether (sulfide) groups is 1. The summed E-state index contributed by atoms with van der Waals surface area (Å²) in [6, 6.07) is 7.56. The van der Waals surface area contributed by atoms with Crippen LogP contribution in [0.2, 0.25) is 0 Å². The lowest BCUT2D eigenvalue weighted by atomic mass is 10.2. The first-order chi connectivity index (χ1) is 10.1. The van der Waals surface area contributed by atoms with Crippen molar-refractivity contribution in [3.63, 3.8) is 0 Å². The third-order valence-electron chi connectivity index (χ3n) is 3.48. The molecule has 3 nitrogen and oxygen atoms in total. The number of fused-ring (bicyclic) bond motifs is 1. The predicted molar refractivity (Wildman–Crippen MR) is 92.6 cm³/mol. The molecular formula is C16H21ClN2OS. The van der Waals surface area contributed by atoms with E-state index in [1.165, 1.54) is 0 Å². The highest BCUT2D eigenvalue weighted by Crippen LogP contribution is 2.26. The van der Waals surface area contributed by atoms with Gasteiger partial charge >= 0.3 is 0 Å². The summed E-state index contributed by atoms with van der Waals surface area (Å²) in [7, 11) is 0. The Hall–Kier alpha value is -1.00. The highest BCUT2D eigenvalue weighted by molar-refractivity contribution is 7.99. The molecule has 0 radical (unpaired) electrons. The quantitative estimate of drug-likeness (QED) is 0.739. The fraction of sp³-hybridized carbons (Fsp3) is 0.500. The third kappa shape index (κ3) is 3.43. The second kappa shape index (κ2) is 7.32. The van der Waals surface area contributed by atoms with Crippen LogP contribution in [0.5, 0.6) is 0 Å². The van der Waals surface area contributed by atoms with E-state index in [0.29, 0.717) is 11.2 Å². The lowest BCUT2D eigenvalue weighted by Crippen LogP contribution is -2.30. The minimum Gasteiger partial charge on any atom is -0.291 e. The zero-order chi connectivity index (χ0) is 15.4. The van der Waals surface area contributed by atoms with Gasteiger partial charge in [0.1, 0.15) is 5.82 Å². The molecule has 0 aliphatic heterocycles. The number of hydrogen-bond acceptors (Lipinski definition) is 3. The molecule has 2 atom stereocenters. The maximum Gasteiger partial charge on any atom is 0.261 e. The van der Waals surface area contributed by atoms with E-state index < -0.39 is 0 Å². The molecule has 21 heavy (non-hydrogen) atoms. The molecule has 0 bridgehead atoms. The van der Waals surface area contributed by atoms with Crippen molar-refractivity contribution in [2.24, 2.45) is 0 Å². The van der Waals surface area contributed by atoms with Crippen LogP contribution in [0.4, 0.5) is 0 Å². The highest BCUT2D eigenvalue weighted by atomic mass is 35.5. The van der Waals surface area contributed by atoms with Gasteiger partial charge in [-0.1, -0.05) is 26.0 Å². The molecule has 0 aliphatic carbocycles. The molecule has 2 unspecified atom stereocenters. The second-order valence-corrected chi connectivity index (χ2v) is 6.89. The van der Waals surface area contributed by atoms with Crippen LogP contribution in [-0.2, 0) is 0 Å². The van der Waals surface area contributed by atoms with E-state index in [4.69, 9.17) is 11.6 Å². The largest absolute Gasteiger partial charge is 0.291 e. The smallest absolute Gasteiger partial charge is 0.261 e. The molecule has 0 saturated carbocycles. The Bertz CT molecular complexity index is 671. The number of benzene rings is 1. The monoisotopic (exact) mass is 324 g/mol. The number of nitrogens with zero attached hydrogens (tertiary/aromatic N) is 2. The van der Waals surface area contributed by atoms with Gasteiger partial charge in [0.15, 0.2) is 0 Å². The van der Waals surface area contributed by atoms with Crippen molar-refractivity contribution in [2.45, 2.75) is 38.6 Å². The van der Waals surface area contributed by atoms with Crippen LogP contribution in [0.25, 0.3) is 10.9 Å². The van der Waals surface area contributed by atoms with Gasteiger partial charge in [-0.05, 0) is 31.2 Å². The molecule has 1 aromatic heterocycles. The maximum atomic E-state index is 12.8. The Labute approximate surface area is 134 Å². The molecule has 2 aromatic rings. The average molecular weight is 325 g/mol. The zero-order valence-electron chi connectivity index (χ0n) is 12.7. The van der Waals surface area contributed by atoms with Gasteiger partial charge in [-0.2, -0.15) is 11.8 Å². The summed E-state index contributed by atoms with van der Waals surface area (Å²) in [5.74, 6) is 2.61. The zero-order valence-corrected chi connectivity index (χ0v) is 14.2. The number of halogens is 1. The number of rotatable bonds is 6. The van der Waals surface area contributed by atoms with Crippen molar-refractivity contribution < 1.29 is 0 Å². The summed E-state index contributed by atoms with van der Waals surface area (Å²) < 4.78 is 1.78. The van der Waals surface area contributed by atoms with Crippen molar-refractivity contribution in [2.75, 3.05) is 11.5 Å². The lowest BCUT2D eigenvalue weighted by Gasteiger charge is -2.21. The summed E-state index contributed by atoms with van der Waals surface area (Å²) in [6.07, 6.45) is 0.750. The third-order valence-corrected chi connectivity index (χ3v) is 5.11. The van der Waals surface area contributed by atoms with Crippen LogP contribution in [-0.4, -0.2) is 21.1 Å². The minimum absolute atomic E-state index is 0.0129. The van der Waals surface area contributed by atoms with Gasteiger partial charge in [-0.3, -0.25) is 9.36 Å². The number of para-hydroxylation sites is 1. The molecule has 5 heteroatoms. The van der Waals surface area contributed by atoms with Gasteiger partial charge in [-0.25, -0.2) is 4.98 Å². The Morgan fingerprint density at radius 1 is 1.33 bits per heavy atom. The van der Waals surface area contributed by atoms with Gasteiger partial charge in [-0.15, -0.1) is 11.6 Å². The van der Waals surface area contributed by atoms with E-state index in [0.717, 1.165) is 23.4 Å². The van der Waals surface area contributed by atoms with Crippen LogP contribution >= 0.6 is 23.4 Å². The molecule has 2 rings (SSSR count). The first kappa shape index (κ1) is 16.4. The highest BCUT2D eigenvalue weighted by Gasteiger charge is 2.20. The summed E-state index contributed by atoms with van der Waals surface area (Å²) in [5.41, 5.74) is 0.738. The van der Waals surface area contributed by atoms with Crippen LogP contribution in [0.3, 0.4) is 0 Å². The molecule has 1 heterocycles. The molecule has 0 fully saturated rings. The topological polar surface area (TPSA) is 34.9 Å². The molecular weight excluding hydrogens is 304 g/mol. The van der Waals surface area contributed by atoms with Crippen molar-refractivity contribution >= 4 is 34.3 Å². The number of hydrogen-bond donors (Lipinski definition) is 0. The molecule has 0 spiro atoms. The van der Waals surface area contributed by atoms with E-state index in [9.17, 15) is 4.79 Å². The van der Waals surface area contributed by atoms with Crippen molar-refractivity contribution in [1.29, 1.82) is 0 Å². The second-order valence-electron chi connectivity index (χ2n) is 5.05. The van der Waals surface area contributed by atoms with Crippen molar-refractivity contribution in [3.05, 3.63) is 40.4 Å². The fourth-order valence-corrected chi connectivity index (χ4v) is 3.24. The first-order valence-electron chi connectivity index (χ1n) is 7.33. The van der Waals surface area contributed by atoms with Crippen LogP contribution in [0.1, 0.15) is 44.4 Å². The maximum absolute atomic E-state index is 12.8. The van der Waals surface area contributed by atoms with Crippen molar-refractivity contribution in [3.8, 4) is 0 Å². The minimum atomic E-state index is -0.239. The Balaban J connectivity index is 2.64. The molecule has 1 aromatic carbocycles. The Morgan fingerprint density at radius 2 is 2.05 bits per heavy atom. The Morgan fingerprint density at radius 3 is 2.71 bits per heavy atom. The standard InChI is InChI=1S/C16H21ClN2OS/c1-4-13(17)15-18-14-9-7-6-8-12(14)16(20)19(15)11(3)10-21-5-2/h6-9,11,13H,4-5,10H2,1-3H3. The van der Waals surface area contributed by atoms with E-state index in [1.54, 1.807) is 4.57 Å². The molecule has 114 valence electrons. The van der Waals surface area contributed by atoms with Gasteiger partial charge < -0.3 is 0 Å². The van der Waals surface area contributed by atoms with E-state index in [-0.39, 0.29) is 17.0 Å². The summed E-state index contributed by atoms with van der Waals surface area (Å²) in [5, 5.41) is 0.422. The van der Waals surface area contributed by atoms with Crippen LogP contribution < -0.4 is 5.56 Å². The summed E-state index contributed by atoms with van der Waals surface area (Å²) >= 11 is 8.24. The van der Waals surface area contributed by atoms with E-state index in [1.807, 2.05) is 43.0 Å². The van der Waals surface area contributed by atoms with Gasteiger partial charge in [0.05, 0.1) is 16.3 Å².